The Kier molecular flexibility index (Phi) is 13.7. The highest BCUT2D eigenvalue weighted by Gasteiger charge is 2.30. The second-order valence-corrected chi connectivity index (χ2v) is 19.7. The summed E-state index contributed by atoms with van der Waals surface area (Å²) in [7, 11) is 2.07. The number of nitrogens with one attached hydrogen (secondary N) is 3. The van der Waals surface area contributed by atoms with Crippen LogP contribution in [0.5, 0.6) is 0 Å². The van der Waals surface area contributed by atoms with Crippen LogP contribution >= 0.6 is 0 Å². The third kappa shape index (κ3) is 10.9. The number of hydrogen-bond donors (Lipinski definition) is 3. The lowest BCUT2D eigenvalue weighted by molar-refractivity contribution is -0.133. The van der Waals surface area contributed by atoms with Crippen LogP contribution in [0.25, 0.3) is 22.2 Å². The number of piperidine rings is 3. The van der Waals surface area contributed by atoms with Crippen LogP contribution < -0.4 is 20.9 Å². The van der Waals surface area contributed by atoms with E-state index in [2.05, 4.69) is 65.5 Å². The molecule has 9 rings (SSSR count). The molecule has 0 radical (unpaired) electrons. The smallest absolute Gasteiger partial charge is 0.413 e. The molecule has 4 fully saturated rings. The summed E-state index contributed by atoms with van der Waals surface area (Å²) in [6.45, 7) is 13.6. The molecule has 358 valence electrons. The third-order valence-electron chi connectivity index (χ3n) is 13.8. The number of benzene rings is 1. The highest BCUT2D eigenvalue weighted by molar-refractivity contribution is 6.01. The molecule has 0 saturated carbocycles. The largest absolute Gasteiger partial charge is 0.444 e. The van der Waals surface area contributed by atoms with Crippen LogP contribution in [0.4, 0.5) is 26.5 Å². The van der Waals surface area contributed by atoms with Gasteiger partial charge in [0, 0.05) is 106 Å². The van der Waals surface area contributed by atoms with E-state index in [4.69, 9.17) is 9.72 Å². The predicted molar refractivity (Wildman–Crippen MR) is 259 cm³/mol. The van der Waals surface area contributed by atoms with E-state index in [-0.39, 0.29) is 18.2 Å². The Bertz CT molecular complexity index is 2630. The number of aryl methyl sites for hydroxylation is 1. The van der Waals surface area contributed by atoms with Crippen molar-refractivity contribution in [3.8, 4) is 11.1 Å². The molecule has 17 heteroatoms. The van der Waals surface area contributed by atoms with Gasteiger partial charge in [0.15, 0.2) is 11.6 Å². The molecule has 1 unspecified atom stereocenters. The van der Waals surface area contributed by atoms with E-state index in [0.29, 0.717) is 48.7 Å². The van der Waals surface area contributed by atoms with Gasteiger partial charge >= 0.3 is 6.09 Å². The average molecular weight is 928 g/mol. The lowest BCUT2D eigenvalue weighted by atomic mass is 9.88. The summed E-state index contributed by atoms with van der Waals surface area (Å²) in [5.74, 6) is 0.629. The summed E-state index contributed by atoms with van der Waals surface area (Å²) in [6, 6.07) is 17.1. The number of amides is 4. The first-order valence-electron chi connectivity index (χ1n) is 24.0. The number of aromatic nitrogens is 4. The summed E-state index contributed by atoms with van der Waals surface area (Å²) < 4.78 is 22.7. The highest BCUT2D eigenvalue weighted by atomic mass is 19.1. The third-order valence-corrected chi connectivity index (χ3v) is 13.8. The van der Waals surface area contributed by atoms with E-state index in [1.165, 1.54) is 17.3 Å². The van der Waals surface area contributed by atoms with E-state index in [1.807, 2.05) is 61.0 Å². The number of anilines is 3. The molecule has 4 aromatic heterocycles. The van der Waals surface area contributed by atoms with E-state index in [1.54, 1.807) is 18.5 Å². The number of rotatable bonds is 11. The maximum atomic E-state index is 15.2. The van der Waals surface area contributed by atoms with Crippen LogP contribution in [0.2, 0.25) is 0 Å². The van der Waals surface area contributed by atoms with Crippen molar-refractivity contribution in [2.75, 3.05) is 74.4 Å². The number of pyridine rings is 3. The van der Waals surface area contributed by atoms with Crippen molar-refractivity contribution < 1.29 is 28.3 Å². The van der Waals surface area contributed by atoms with Crippen molar-refractivity contribution in [2.45, 2.75) is 83.4 Å². The van der Waals surface area contributed by atoms with Crippen molar-refractivity contribution in [3.63, 3.8) is 0 Å². The number of carbonyl (C=O) groups excluding carboxylic acids is 4. The Morgan fingerprint density at radius 3 is 2.26 bits per heavy atom. The van der Waals surface area contributed by atoms with E-state index in [0.717, 1.165) is 106 Å². The van der Waals surface area contributed by atoms with Gasteiger partial charge in [-0.25, -0.2) is 24.1 Å². The Hall–Kier alpha value is -6.46. The van der Waals surface area contributed by atoms with Crippen LogP contribution in [-0.2, 0) is 27.9 Å². The Balaban J connectivity index is 0.705. The number of imide groups is 1. The zero-order chi connectivity index (χ0) is 47.5. The molecular weight excluding hydrogens is 866 g/mol. The van der Waals surface area contributed by atoms with Crippen LogP contribution in [0.15, 0.2) is 73.2 Å². The van der Waals surface area contributed by atoms with E-state index >= 15 is 4.39 Å². The summed E-state index contributed by atoms with van der Waals surface area (Å²) in [6.07, 6.45) is 9.20. The zero-order valence-electron chi connectivity index (χ0n) is 39.5. The number of nitrogens with zero attached hydrogens (tertiary/aromatic N) is 8. The minimum atomic E-state index is -0.597. The lowest BCUT2D eigenvalue weighted by Crippen LogP contribution is -2.49. The van der Waals surface area contributed by atoms with Crippen molar-refractivity contribution in [1.82, 2.24) is 39.5 Å². The maximum Gasteiger partial charge on any atom is 0.413 e. The number of fused-ring (bicyclic) bond motifs is 1. The Labute approximate surface area is 396 Å². The van der Waals surface area contributed by atoms with Crippen molar-refractivity contribution in [1.29, 1.82) is 0 Å². The second-order valence-electron chi connectivity index (χ2n) is 19.7. The molecule has 4 aliphatic heterocycles. The van der Waals surface area contributed by atoms with Gasteiger partial charge in [-0.05, 0) is 125 Å². The van der Waals surface area contributed by atoms with Gasteiger partial charge in [0.1, 0.15) is 23.1 Å². The number of ether oxygens (including phenoxy) is 1. The van der Waals surface area contributed by atoms with Gasteiger partial charge in [0.25, 0.3) is 5.91 Å². The number of hydrogen-bond acceptors (Lipinski definition) is 12. The van der Waals surface area contributed by atoms with Gasteiger partial charge in [-0.2, -0.15) is 0 Å². The number of halogens is 1. The molecule has 0 spiro atoms. The maximum absolute atomic E-state index is 15.2. The van der Waals surface area contributed by atoms with Gasteiger partial charge in [-0.15, -0.1) is 0 Å². The molecule has 4 saturated heterocycles. The van der Waals surface area contributed by atoms with Crippen LogP contribution in [0, 0.1) is 11.7 Å². The van der Waals surface area contributed by atoms with Gasteiger partial charge in [0.2, 0.25) is 11.8 Å². The standard InChI is InChI=1S/C51H62FN11O5/c1-51(2,3)68-50(67)57-44-11-9-37(29-54-44)40-13-18-53-46-41(40)28-39(59(46)4)32-60-19-16-35(17-20-60)34-5-7-36(8-6-34)49(66)63-21-14-33(15-22-63)31-61-23-25-62(26-24-61)47-42(52)27-38(30-55-47)56-43-10-12-45(64)58-48(43)65/h5-9,11,13,18,27-30,33,35,43,56H,10,12,14-17,19-26,31-32H2,1-4H3,(H,54,57,67)(H,58,64,65). The minimum absolute atomic E-state index is 0.0994. The molecule has 5 aromatic rings. The van der Waals surface area contributed by atoms with Crippen molar-refractivity contribution in [2.24, 2.45) is 13.0 Å². The van der Waals surface area contributed by atoms with Crippen LogP contribution in [-0.4, -0.2) is 129 Å². The fourth-order valence-corrected chi connectivity index (χ4v) is 10.0. The topological polar surface area (TPSA) is 170 Å². The predicted octanol–water partition coefficient (Wildman–Crippen LogP) is 6.79. The van der Waals surface area contributed by atoms with E-state index in [9.17, 15) is 19.2 Å². The fraction of sp³-hybridized carbons (Fsp3) is 0.471. The van der Waals surface area contributed by atoms with Crippen molar-refractivity contribution >= 4 is 52.2 Å². The molecule has 4 amide bonds. The fourth-order valence-electron chi connectivity index (χ4n) is 10.0. The minimum Gasteiger partial charge on any atom is -0.444 e. The summed E-state index contributed by atoms with van der Waals surface area (Å²) >= 11 is 0. The second kappa shape index (κ2) is 20.0. The summed E-state index contributed by atoms with van der Waals surface area (Å²) in [5, 5.41) is 9.07. The molecule has 1 atom stereocenters. The number of carbonyl (C=O) groups is 4. The highest BCUT2D eigenvalue weighted by Crippen LogP contribution is 2.33. The first-order valence-corrected chi connectivity index (χ1v) is 24.0. The number of likely N-dealkylation sites (tertiary alicyclic amines) is 2. The van der Waals surface area contributed by atoms with Crippen molar-refractivity contribution in [3.05, 3.63) is 95.8 Å². The van der Waals surface area contributed by atoms with E-state index < -0.39 is 29.5 Å². The van der Waals surface area contributed by atoms with Gasteiger partial charge in [-0.3, -0.25) is 34.8 Å². The lowest BCUT2D eigenvalue weighted by Gasteiger charge is -2.39. The first kappa shape index (κ1) is 46.6. The molecule has 0 bridgehead atoms. The molecular formula is C51H62FN11O5. The molecule has 1 aromatic carbocycles. The first-order chi connectivity index (χ1) is 32.7. The monoisotopic (exact) mass is 927 g/mol. The van der Waals surface area contributed by atoms with Crippen LogP contribution in [0.3, 0.4) is 0 Å². The van der Waals surface area contributed by atoms with Gasteiger partial charge in [-0.1, -0.05) is 12.1 Å². The summed E-state index contributed by atoms with van der Waals surface area (Å²) in [5.41, 5.74) is 5.92. The van der Waals surface area contributed by atoms with Gasteiger partial charge in [0.05, 0.1) is 11.9 Å². The van der Waals surface area contributed by atoms with Crippen LogP contribution in [0.1, 0.15) is 86.8 Å². The zero-order valence-corrected chi connectivity index (χ0v) is 39.5. The average Bonchev–Trinajstić information content (AvgIpc) is 3.64. The molecule has 16 nitrogen and oxygen atoms in total. The molecule has 0 aliphatic carbocycles. The Morgan fingerprint density at radius 1 is 0.838 bits per heavy atom. The number of piperazine rings is 1. The molecule has 8 heterocycles. The SMILES string of the molecule is Cn1c(CN2CCC(c3ccc(C(=O)N4CCC(CN5CCN(c6ncc(NC7CCC(=O)NC7=O)cc6F)CC5)CC4)cc3)CC2)cc2c(-c3ccc(NC(=O)OC(C)(C)C)nc3)ccnc21. The Morgan fingerprint density at radius 2 is 1.59 bits per heavy atom. The molecule has 4 aliphatic rings. The normalized spacial score (nSPS) is 19.3. The molecule has 3 N–H and O–H groups in total. The quantitative estimate of drug-likeness (QED) is 0.119. The van der Waals surface area contributed by atoms with Gasteiger partial charge < -0.3 is 24.4 Å². The molecule has 68 heavy (non-hydrogen) atoms. The summed E-state index contributed by atoms with van der Waals surface area (Å²) in [4.78, 5) is 71.9.